The number of aliphatic hydroxyl groups excluding tert-OH is 1. The van der Waals surface area contributed by atoms with Gasteiger partial charge in [0.2, 0.25) is 0 Å². The Labute approximate surface area is 161 Å². The molecular weight excluding hydrogens is 362 g/mol. The zero-order chi connectivity index (χ0) is 19.4. The van der Waals surface area contributed by atoms with E-state index in [9.17, 15) is 5.11 Å². The van der Waals surface area contributed by atoms with Crippen LogP contribution < -0.4 is 5.73 Å². The van der Waals surface area contributed by atoms with Gasteiger partial charge in [-0.3, -0.25) is 4.57 Å². The van der Waals surface area contributed by atoms with E-state index >= 15 is 0 Å². The molecule has 2 fully saturated rings. The predicted molar refractivity (Wildman–Crippen MR) is 100 cm³/mol. The first-order valence-corrected chi connectivity index (χ1v) is 9.13. The minimum absolute atomic E-state index is 0.154. The van der Waals surface area contributed by atoms with Crippen molar-refractivity contribution in [3.63, 3.8) is 0 Å². The fourth-order valence-corrected chi connectivity index (χ4v) is 4.01. The van der Waals surface area contributed by atoms with Crippen LogP contribution in [-0.4, -0.2) is 56.3 Å². The molecule has 3 aromatic rings. The summed E-state index contributed by atoms with van der Waals surface area (Å²) in [6, 6.07) is 6.13. The number of aliphatic hydroxyl groups is 1. The Morgan fingerprint density at radius 1 is 1.14 bits per heavy atom. The third-order valence-electron chi connectivity index (χ3n) is 5.19. The molecule has 2 saturated heterocycles. The van der Waals surface area contributed by atoms with Gasteiger partial charge in [-0.2, -0.15) is 0 Å². The van der Waals surface area contributed by atoms with Crippen LogP contribution in [0, 0.1) is 13.8 Å². The number of imidazole rings is 1. The van der Waals surface area contributed by atoms with Crippen molar-refractivity contribution in [2.24, 2.45) is 0 Å². The van der Waals surface area contributed by atoms with Gasteiger partial charge in [0, 0.05) is 5.56 Å². The molecule has 4 atom stereocenters. The van der Waals surface area contributed by atoms with Gasteiger partial charge in [-0.15, -0.1) is 0 Å². The molecule has 0 amide bonds. The topological polar surface area (TPSA) is 118 Å². The number of nitrogens with two attached hydrogens (primary N) is 1. The second-order valence-electron chi connectivity index (χ2n) is 7.26. The number of nitrogen functional groups attached to an aromatic ring is 1. The van der Waals surface area contributed by atoms with Gasteiger partial charge in [-0.05, 0) is 26.0 Å². The maximum atomic E-state index is 9.60. The second-order valence-corrected chi connectivity index (χ2v) is 7.26. The van der Waals surface area contributed by atoms with Gasteiger partial charge >= 0.3 is 0 Å². The first kappa shape index (κ1) is 17.5. The van der Waals surface area contributed by atoms with Gasteiger partial charge in [-0.25, -0.2) is 15.0 Å². The van der Waals surface area contributed by atoms with Crippen LogP contribution in [0.1, 0.15) is 17.4 Å². The highest BCUT2D eigenvalue weighted by Gasteiger charge is 2.50. The minimum Gasteiger partial charge on any atom is -0.394 e. The molecule has 2 aliphatic heterocycles. The summed E-state index contributed by atoms with van der Waals surface area (Å²) < 4.78 is 19.0. The van der Waals surface area contributed by atoms with Crippen LogP contribution in [0.25, 0.3) is 22.6 Å². The lowest BCUT2D eigenvalue weighted by Gasteiger charge is -2.18. The summed E-state index contributed by atoms with van der Waals surface area (Å²) in [5.74, 6) is 0.824. The van der Waals surface area contributed by atoms with Crippen molar-refractivity contribution < 1.29 is 19.3 Å². The number of hydrogen-bond donors (Lipinski definition) is 2. The first-order chi connectivity index (χ1) is 13.5. The van der Waals surface area contributed by atoms with Gasteiger partial charge in [-0.1, -0.05) is 17.2 Å². The number of rotatable bonds is 3. The highest BCUT2D eigenvalue weighted by molar-refractivity contribution is 5.84. The molecule has 0 bridgehead atoms. The van der Waals surface area contributed by atoms with E-state index in [0.717, 1.165) is 16.7 Å². The van der Waals surface area contributed by atoms with Crippen molar-refractivity contribution in [3.8, 4) is 11.4 Å². The average molecular weight is 383 g/mol. The number of nitrogens with zero attached hydrogens (tertiary/aromatic N) is 4. The Balaban J connectivity index is 1.62. The maximum absolute atomic E-state index is 9.60. The fraction of sp³-hybridized carbons (Fsp3) is 0.421. The van der Waals surface area contributed by atoms with Crippen LogP contribution in [0.4, 0.5) is 5.82 Å². The van der Waals surface area contributed by atoms with Crippen molar-refractivity contribution in [1.29, 1.82) is 0 Å². The van der Waals surface area contributed by atoms with Crippen LogP contribution in [0.15, 0.2) is 24.5 Å². The Bertz CT molecular complexity index is 1030. The van der Waals surface area contributed by atoms with Crippen LogP contribution in [-0.2, 0) is 14.2 Å². The number of anilines is 1. The normalized spacial score (nSPS) is 26.8. The smallest absolute Gasteiger partial charge is 0.168 e. The van der Waals surface area contributed by atoms with Crippen molar-refractivity contribution in [3.05, 3.63) is 35.7 Å². The summed E-state index contributed by atoms with van der Waals surface area (Å²) in [7, 11) is 0. The molecule has 5 rings (SSSR count). The summed E-state index contributed by atoms with van der Waals surface area (Å²) in [6.07, 6.45) is -0.0468. The molecule has 1 aromatic carbocycles. The van der Waals surface area contributed by atoms with Crippen LogP contribution >= 0.6 is 0 Å². The lowest BCUT2D eigenvalue weighted by molar-refractivity contribution is -0.108. The average Bonchev–Trinajstić information content (AvgIpc) is 3.35. The lowest BCUT2D eigenvalue weighted by Crippen LogP contribution is -2.30. The molecule has 9 heteroatoms. The number of aryl methyl sites for hydroxylation is 2. The third-order valence-corrected chi connectivity index (χ3v) is 5.19. The number of hydrogen-bond acceptors (Lipinski definition) is 8. The molecule has 0 saturated carbocycles. The highest BCUT2D eigenvalue weighted by Crippen LogP contribution is 2.38. The maximum Gasteiger partial charge on any atom is 0.168 e. The van der Waals surface area contributed by atoms with E-state index in [2.05, 4.69) is 16.0 Å². The Morgan fingerprint density at radius 3 is 2.64 bits per heavy atom. The second kappa shape index (κ2) is 6.49. The summed E-state index contributed by atoms with van der Waals surface area (Å²) in [4.78, 5) is 13.5. The summed E-state index contributed by atoms with van der Waals surface area (Å²) in [5.41, 5.74) is 10.4. The van der Waals surface area contributed by atoms with E-state index in [4.69, 9.17) is 24.9 Å². The molecule has 0 aliphatic carbocycles. The monoisotopic (exact) mass is 383 g/mol. The van der Waals surface area contributed by atoms with Crippen LogP contribution in [0.2, 0.25) is 0 Å². The highest BCUT2D eigenvalue weighted by atomic mass is 16.7. The van der Waals surface area contributed by atoms with Gasteiger partial charge < -0.3 is 25.1 Å². The summed E-state index contributed by atoms with van der Waals surface area (Å²) in [5, 5.41) is 9.60. The van der Waals surface area contributed by atoms with E-state index in [1.54, 1.807) is 10.9 Å². The van der Waals surface area contributed by atoms with Crippen molar-refractivity contribution in [2.45, 2.75) is 38.4 Å². The molecule has 0 spiro atoms. The van der Waals surface area contributed by atoms with Crippen molar-refractivity contribution >= 4 is 17.0 Å². The van der Waals surface area contributed by atoms with E-state index < -0.39 is 12.3 Å². The molecule has 28 heavy (non-hydrogen) atoms. The van der Waals surface area contributed by atoms with E-state index in [-0.39, 0.29) is 25.6 Å². The minimum atomic E-state index is -0.518. The molecule has 3 N–H and O–H groups in total. The Kier molecular flexibility index (Phi) is 4.06. The standard InChI is InChI=1S/C19H21N5O4/c1-9-3-10(2)5-11(4-9)17-22-16(20)13-18(23-17)24(7-21-13)19-15-14(26-8-27-15)12(6-25)28-19/h3-5,7,12,14-15,19,25H,6,8H2,1-2H3,(H2,20,22,23)/t12-,14-,15-,19-/m1/s1. The van der Waals surface area contributed by atoms with Gasteiger partial charge in [0.25, 0.3) is 0 Å². The number of ether oxygens (including phenoxy) is 3. The van der Waals surface area contributed by atoms with E-state index in [0.29, 0.717) is 22.8 Å². The van der Waals surface area contributed by atoms with Gasteiger partial charge in [0.15, 0.2) is 23.5 Å². The summed E-state index contributed by atoms with van der Waals surface area (Å²) in [6.45, 7) is 4.07. The molecular formula is C19H21N5O4. The Hall–Kier alpha value is -2.59. The molecule has 0 radical (unpaired) electrons. The zero-order valence-corrected chi connectivity index (χ0v) is 15.6. The third kappa shape index (κ3) is 2.67. The Morgan fingerprint density at radius 2 is 1.89 bits per heavy atom. The van der Waals surface area contributed by atoms with Gasteiger partial charge in [0.05, 0.1) is 12.9 Å². The number of benzene rings is 1. The summed E-state index contributed by atoms with van der Waals surface area (Å²) >= 11 is 0. The molecule has 4 heterocycles. The number of fused-ring (bicyclic) bond motifs is 2. The molecule has 0 unspecified atom stereocenters. The fourth-order valence-electron chi connectivity index (χ4n) is 4.01. The lowest BCUT2D eigenvalue weighted by atomic mass is 10.1. The van der Waals surface area contributed by atoms with Crippen LogP contribution in [0.5, 0.6) is 0 Å². The SMILES string of the molecule is Cc1cc(C)cc(-c2nc(N)c3ncn([C@@H]4O[C@H](CO)[C@H]5OCO[C@H]54)c3n2)c1. The zero-order valence-electron chi connectivity index (χ0n) is 15.6. The quantitative estimate of drug-likeness (QED) is 0.695. The first-order valence-electron chi connectivity index (χ1n) is 9.13. The van der Waals surface area contributed by atoms with Crippen molar-refractivity contribution in [2.75, 3.05) is 19.1 Å². The number of aromatic nitrogens is 4. The van der Waals surface area contributed by atoms with Crippen LogP contribution in [0.3, 0.4) is 0 Å². The van der Waals surface area contributed by atoms with Crippen molar-refractivity contribution in [1.82, 2.24) is 19.5 Å². The van der Waals surface area contributed by atoms with E-state index in [1.165, 1.54) is 0 Å². The molecule has 9 nitrogen and oxygen atoms in total. The van der Waals surface area contributed by atoms with E-state index in [1.807, 2.05) is 26.0 Å². The molecule has 2 aromatic heterocycles. The largest absolute Gasteiger partial charge is 0.394 e. The molecule has 2 aliphatic rings. The predicted octanol–water partition coefficient (Wildman–Crippen LogP) is 1.32. The molecule has 146 valence electrons. The van der Waals surface area contributed by atoms with Gasteiger partial charge in [0.1, 0.15) is 30.6 Å².